The molecule has 0 fully saturated rings. The van der Waals surface area contributed by atoms with Crippen molar-refractivity contribution in [3.05, 3.63) is 72.3 Å². The van der Waals surface area contributed by atoms with Crippen LogP contribution in [0.4, 0.5) is 0 Å². The number of fused-ring (bicyclic) bond motifs is 5. The Bertz CT molecular complexity index is 938. The van der Waals surface area contributed by atoms with E-state index >= 15 is 0 Å². The Labute approximate surface area is 117 Å². The smallest absolute Gasteiger partial charge is 0.0687 e. The van der Waals surface area contributed by atoms with Gasteiger partial charge in [-0.1, -0.05) is 66.7 Å². The van der Waals surface area contributed by atoms with Crippen LogP contribution in [0.15, 0.2) is 66.7 Å². The first kappa shape index (κ1) is 11.4. The molecule has 0 spiro atoms. The zero-order valence-electron chi connectivity index (χ0n) is 11.0. The summed E-state index contributed by atoms with van der Waals surface area (Å²) in [7, 11) is 0. The van der Waals surface area contributed by atoms with Crippen LogP contribution in [-0.2, 0) is 6.61 Å². The maximum atomic E-state index is 9.48. The Morgan fingerprint density at radius 3 is 2.10 bits per heavy atom. The number of rotatable bonds is 1. The van der Waals surface area contributed by atoms with Crippen molar-refractivity contribution >= 4 is 32.3 Å². The molecule has 0 saturated heterocycles. The van der Waals surface area contributed by atoms with Gasteiger partial charge in [-0.2, -0.15) is 0 Å². The lowest BCUT2D eigenvalue weighted by Gasteiger charge is -2.09. The van der Waals surface area contributed by atoms with E-state index < -0.39 is 0 Å². The Balaban J connectivity index is 2.23. The summed E-state index contributed by atoms with van der Waals surface area (Å²) in [5.74, 6) is 0. The van der Waals surface area contributed by atoms with Gasteiger partial charge >= 0.3 is 0 Å². The van der Waals surface area contributed by atoms with Gasteiger partial charge in [0.1, 0.15) is 0 Å². The van der Waals surface area contributed by atoms with Gasteiger partial charge in [-0.15, -0.1) is 0 Å². The molecule has 1 N–H and O–H groups in total. The van der Waals surface area contributed by atoms with Crippen molar-refractivity contribution in [2.75, 3.05) is 0 Å². The first-order chi connectivity index (χ1) is 9.88. The van der Waals surface area contributed by atoms with E-state index in [1.807, 2.05) is 12.1 Å². The third-order valence-electron chi connectivity index (χ3n) is 4.04. The van der Waals surface area contributed by atoms with Crippen molar-refractivity contribution in [2.45, 2.75) is 6.61 Å². The second-order valence-electron chi connectivity index (χ2n) is 5.12. The highest BCUT2D eigenvalue weighted by Gasteiger charge is 2.06. The second-order valence-corrected chi connectivity index (χ2v) is 5.12. The van der Waals surface area contributed by atoms with Crippen LogP contribution in [0, 0.1) is 0 Å². The Morgan fingerprint density at radius 1 is 0.550 bits per heavy atom. The molecule has 0 aliphatic rings. The maximum absolute atomic E-state index is 9.48. The molecule has 0 aliphatic heterocycles. The molecule has 4 rings (SSSR count). The monoisotopic (exact) mass is 258 g/mol. The molecule has 0 bridgehead atoms. The summed E-state index contributed by atoms with van der Waals surface area (Å²) in [5, 5.41) is 16.9. The van der Waals surface area contributed by atoms with Crippen molar-refractivity contribution in [1.29, 1.82) is 0 Å². The fourth-order valence-corrected chi connectivity index (χ4v) is 3.06. The fraction of sp³-hybridized carbons (Fsp3) is 0.0526. The summed E-state index contributed by atoms with van der Waals surface area (Å²) in [6.07, 6.45) is 0. The minimum Gasteiger partial charge on any atom is -0.392 e. The van der Waals surface area contributed by atoms with Crippen molar-refractivity contribution in [2.24, 2.45) is 0 Å². The Morgan fingerprint density at radius 2 is 1.20 bits per heavy atom. The summed E-state index contributed by atoms with van der Waals surface area (Å²) < 4.78 is 0. The number of benzene rings is 4. The normalized spacial score (nSPS) is 11.4. The van der Waals surface area contributed by atoms with Crippen LogP contribution >= 0.6 is 0 Å². The highest BCUT2D eigenvalue weighted by Crippen LogP contribution is 2.32. The van der Waals surface area contributed by atoms with Gasteiger partial charge in [-0.3, -0.25) is 0 Å². The SMILES string of the molecule is OCc1cccc2c1ccc1c3ccccc3ccc21. The van der Waals surface area contributed by atoms with Crippen LogP contribution in [0.2, 0.25) is 0 Å². The minimum absolute atomic E-state index is 0.0798. The molecule has 1 heteroatoms. The van der Waals surface area contributed by atoms with Crippen molar-refractivity contribution < 1.29 is 5.11 Å². The first-order valence-electron chi connectivity index (χ1n) is 6.81. The maximum Gasteiger partial charge on any atom is 0.0687 e. The van der Waals surface area contributed by atoms with Gasteiger partial charge in [0.2, 0.25) is 0 Å². The molecule has 0 amide bonds. The molecule has 4 aromatic rings. The summed E-state index contributed by atoms with van der Waals surface area (Å²) in [6.45, 7) is 0.0798. The van der Waals surface area contributed by atoms with Gasteiger partial charge in [0, 0.05) is 0 Å². The standard InChI is InChI=1S/C19H14O/c20-12-14-5-3-7-17-16(14)10-11-18-15-6-2-1-4-13(15)8-9-19(17)18/h1-11,20H,12H2. The van der Waals surface area contributed by atoms with E-state index in [1.165, 1.54) is 26.9 Å². The van der Waals surface area contributed by atoms with Crippen LogP contribution in [0.25, 0.3) is 32.3 Å². The molecule has 0 atom stereocenters. The number of hydrogen-bond donors (Lipinski definition) is 1. The molecule has 0 unspecified atom stereocenters. The lowest BCUT2D eigenvalue weighted by molar-refractivity contribution is 0.283. The van der Waals surface area contributed by atoms with Crippen molar-refractivity contribution in [3.63, 3.8) is 0 Å². The number of aliphatic hydroxyl groups excluding tert-OH is 1. The molecule has 96 valence electrons. The number of hydrogen-bond acceptors (Lipinski definition) is 1. The van der Waals surface area contributed by atoms with Crippen LogP contribution < -0.4 is 0 Å². The van der Waals surface area contributed by atoms with Crippen molar-refractivity contribution in [1.82, 2.24) is 0 Å². The molecule has 0 heterocycles. The van der Waals surface area contributed by atoms with Crippen molar-refractivity contribution in [3.8, 4) is 0 Å². The average Bonchev–Trinajstić information content (AvgIpc) is 2.53. The predicted octanol–water partition coefficient (Wildman–Crippen LogP) is 4.64. The molecule has 0 aromatic heterocycles. The van der Waals surface area contributed by atoms with E-state index in [1.54, 1.807) is 0 Å². The van der Waals surface area contributed by atoms with Gasteiger partial charge in [0.25, 0.3) is 0 Å². The summed E-state index contributed by atoms with van der Waals surface area (Å²) in [5.41, 5.74) is 0.984. The van der Waals surface area contributed by atoms with Gasteiger partial charge in [0.15, 0.2) is 0 Å². The Hall–Kier alpha value is -2.38. The van der Waals surface area contributed by atoms with Crippen LogP contribution in [0.1, 0.15) is 5.56 Å². The third kappa shape index (κ3) is 1.54. The van der Waals surface area contributed by atoms with Gasteiger partial charge < -0.3 is 5.11 Å². The van der Waals surface area contributed by atoms with Gasteiger partial charge in [-0.25, -0.2) is 0 Å². The fourth-order valence-electron chi connectivity index (χ4n) is 3.06. The third-order valence-corrected chi connectivity index (χ3v) is 4.04. The quantitative estimate of drug-likeness (QED) is 0.493. The topological polar surface area (TPSA) is 20.2 Å². The molecule has 0 saturated carbocycles. The van der Waals surface area contributed by atoms with E-state index in [4.69, 9.17) is 0 Å². The average molecular weight is 258 g/mol. The molecule has 0 aliphatic carbocycles. The van der Waals surface area contributed by atoms with Crippen LogP contribution in [-0.4, -0.2) is 5.11 Å². The second kappa shape index (κ2) is 4.32. The van der Waals surface area contributed by atoms with E-state index in [2.05, 4.69) is 54.6 Å². The molecule has 0 radical (unpaired) electrons. The highest BCUT2D eigenvalue weighted by atomic mass is 16.3. The molecular weight excluding hydrogens is 244 g/mol. The summed E-state index contributed by atoms with van der Waals surface area (Å²) >= 11 is 0. The summed E-state index contributed by atoms with van der Waals surface area (Å²) in [6, 6.07) is 23.2. The zero-order chi connectivity index (χ0) is 13.5. The minimum atomic E-state index is 0.0798. The Kier molecular flexibility index (Phi) is 2.48. The van der Waals surface area contributed by atoms with Crippen LogP contribution in [0.5, 0.6) is 0 Å². The van der Waals surface area contributed by atoms with Gasteiger partial charge in [-0.05, 0) is 37.9 Å². The zero-order valence-corrected chi connectivity index (χ0v) is 11.0. The largest absolute Gasteiger partial charge is 0.392 e. The van der Waals surface area contributed by atoms with Gasteiger partial charge in [0.05, 0.1) is 6.61 Å². The van der Waals surface area contributed by atoms with E-state index in [9.17, 15) is 5.11 Å². The first-order valence-corrected chi connectivity index (χ1v) is 6.81. The summed E-state index contributed by atoms with van der Waals surface area (Å²) in [4.78, 5) is 0. The number of aliphatic hydroxyl groups is 1. The molecule has 4 aromatic carbocycles. The lowest BCUT2D eigenvalue weighted by atomic mass is 9.95. The molecular formula is C19H14O. The molecule has 20 heavy (non-hydrogen) atoms. The molecule has 1 nitrogen and oxygen atoms in total. The highest BCUT2D eigenvalue weighted by molar-refractivity contribution is 6.17. The predicted molar refractivity (Wildman–Crippen MR) is 84.9 cm³/mol. The van der Waals surface area contributed by atoms with E-state index in [-0.39, 0.29) is 6.61 Å². The van der Waals surface area contributed by atoms with Crippen LogP contribution in [0.3, 0.4) is 0 Å². The van der Waals surface area contributed by atoms with E-state index in [0.717, 1.165) is 10.9 Å². The van der Waals surface area contributed by atoms with E-state index in [0.29, 0.717) is 0 Å². The lowest BCUT2D eigenvalue weighted by Crippen LogP contribution is -1.87.